The molecule has 0 unspecified atom stereocenters. The van der Waals surface area contributed by atoms with E-state index in [2.05, 4.69) is 19.2 Å². The van der Waals surface area contributed by atoms with Gasteiger partial charge in [0.2, 0.25) is 0 Å². The second kappa shape index (κ2) is 18.3. The number of carbonyl (C=O) groups is 2. The highest BCUT2D eigenvalue weighted by atomic mass is 16.6. The Kier molecular flexibility index (Phi) is 16.2. The van der Waals surface area contributed by atoms with Crippen molar-refractivity contribution in [3.8, 4) is 0 Å². The molecule has 1 rings (SSSR count). The van der Waals surface area contributed by atoms with Crippen molar-refractivity contribution in [1.82, 2.24) is 5.32 Å². The van der Waals surface area contributed by atoms with Gasteiger partial charge in [0.05, 0.1) is 6.61 Å². The minimum atomic E-state index is -0.776. The molecule has 1 N–H and O–H groups in total. The summed E-state index contributed by atoms with van der Waals surface area (Å²) in [5, 5.41) is 2.74. The molecule has 0 bridgehead atoms. The van der Waals surface area contributed by atoms with E-state index >= 15 is 0 Å². The number of amides is 1. The molecule has 1 atom stereocenters. The number of unbranched alkanes of at least 4 members (excludes halogenated alkanes) is 8. The number of nitrogens with one attached hydrogen (secondary N) is 1. The van der Waals surface area contributed by atoms with Gasteiger partial charge in [0, 0.05) is 6.42 Å². The van der Waals surface area contributed by atoms with E-state index in [0.29, 0.717) is 18.9 Å². The van der Waals surface area contributed by atoms with Crippen LogP contribution in [0.15, 0.2) is 30.3 Å². The first-order valence-electron chi connectivity index (χ1n) is 13.9. The third kappa shape index (κ3) is 16.3. The van der Waals surface area contributed by atoms with Crippen LogP contribution < -0.4 is 5.32 Å². The minimum absolute atomic E-state index is 0.373. The van der Waals surface area contributed by atoms with Gasteiger partial charge >= 0.3 is 12.1 Å². The quantitative estimate of drug-likeness (QED) is 0.168. The molecule has 1 aromatic carbocycles. The summed E-state index contributed by atoms with van der Waals surface area (Å²) in [5.74, 6) is -0.0113. The highest BCUT2D eigenvalue weighted by molar-refractivity contribution is 5.81. The number of hydrogen-bond acceptors (Lipinski definition) is 4. The molecule has 0 saturated heterocycles. The van der Waals surface area contributed by atoms with Crippen LogP contribution in [0.5, 0.6) is 0 Å². The Bertz CT molecular complexity index is 669. The number of carbonyl (C=O) groups excluding carboxylic acids is 2. The Morgan fingerprint density at radius 1 is 0.829 bits per heavy atom. The molecule has 1 aromatic rings. The predicted octanol–water partition coefficient (Wildman–Crippen LogP) is 8.00. The fourth-order valence-corrected chi connectivity index (χ4v) is 4.18. The molecule has 200 valence electrons. The zero-order chi connectivity index (χ0) is 25.9. The zero-order valence-corrected chi connectivity index (χ0v) is 23.1. The number of ether oxygens (including phenoxy) is 2. The summed E-state index contributed by atoms with van der Waals surface area (Å²) in [6.45, 7) is 10.3. The van der Waals surface area contributed by atoms with Crippen LogP contribution in [0.4, 0.5) is 4.79 Å². The molecule has 0 aliphatic carbocycles. The molecular weight excluding hydrogens is 438 g/mol. The summed E-state index contributed by atoms with van der Waals surface area (Å²) >= 11 is 0. The van der Waals surface area contributed by atoms with Gasteiger partial charge in [-0.1, -0.05) is 108 Å². The number of esters is 1. The first-order valence-corrected chi connectivity index (χ1v) is 13.9. The SMILES string of the molecule is CCCCCCCC(CCCCCCC)COC(=O)[C@H](Cc1ccccc1)NC(=O)OC(C)(C)C. The molecule has 35 heavy (non-hydrogen) atoms. The van der Waals surface area contributed by atoms with Gasteiger partial charge in [-0.3, -0.25) is 0 Å². The standard InChI is InChI=1S/C30H51NO4/c1-6-8-10-12-15-21-26(22-16-13-11-9-7-2)24-34-28(32)27(23-25-19-17-14-18-20-25)31-29(33)35-30(3,4)5/h14,17-20,26-27H,6-13,15-16,21-24H2,1-5H3,(H,31,33)/t27-/m0/s1. The van der Waals surface area contributed by atoms with Crippen molar-refractivity contribution in [2.75, 3.05) is 6.61 Å². The molecule has 0 aromatic heterocycles. The molecule has 0 fully saturated rings. The van der Waals surface area contributed by atoms with Gasteiger partial charge < -0.3 is 14.8 Å². The minimum Gasteiger partial charge on any atom is -0.464 e. The molecule has 0 radical (unpaired) electrons. The first kappa shape index (κ1) is 31.0. The van der Waals surface area contributed by atoms with E-state index < -0.39 is 17.7 Å². The molecule has 0 aliphatic rings. The number of hydrogen-bond donors (Lipinski definition) is 1. The predicted molar refractivity (Wildman–Crippen MR) is 145 cm³/mol. The highest BCUT2D eigenvalue weighted by Crippen LogP contribution is 2.20. The normalized spacial score (nSPS) is 12.4. The van der Waals surface area contributed by atoms with Crippen molar-refractivity contribution in [3.05, 3.63) is 35.9 Å². The third-order valence-corrected chi connectivity index (χ3v) is 6.15. The van der Waals surface area contributed by atoms with Crippen molar-refractivity contribution in [2.24, 2.45) is 5.92 Å². The first-order chi connectivity index (χ1) is 16.7. The van der Waals surface area contributed by atoms with Gasteiger partial charge in [-0.15, -0.1) is 0 Å². The Morgan fingerprint density at radius 2 is 1.37 bits per heavy atom. The monoisotopic (exact) mass is 489 g/mol. The summed E-state index contributed by atoms with van der Waals surface area (Å²) in [7, 11) is 0. The molecule has 1 amide bonds. The summed E-state index contributed by atoms with van der Waals surface area (Å²) in [5.41, 5.74) is 0.334. The van der Waals surface area contributed by atoms with Gasteiger partial charge in [0.25, 0.3) is 0 Å². The Balaban J connectivity index is 2.71. The maximum atomic E-state index is 13.1. The lowest BCUT2D eigenvalue weighted by atomic mass is 9.95. The maximum Gasteiger partial charge on any atom is 0.408 e. The van der Waals surface area contributed by atoms with Crippen LogP contribution in [0.1, 0.15) is 117 Å². The van der Waals surface area contributed by atoms with Gasteiger partial charge in [0.1, 0.15) is 11.6 Å². The lowest BCUT2D eigenvalue weighted by Crippen LogP contribution is -2.45. The van der Waals surface area contributed by atoms with Crippen LogP contribution in [-0.4, -0.2) is 30.3 Å². The molecule has 0 heterocycles. The average Bonchev–Trinajstić information content (AvgIpc) is 2.80. The van der Waals surface area contributed by atoms with Crippen LogP contribution in [0.25, 0.3) is 0 Å². The van der Waals surface area contributed by atoms with E-state index in [1.165, 1.54) is 64.2 Å². The van der Waals surface area contributed by atoms with E-state index in [9.17, 15) is 9.59 Å². The van der Waals surface area contributed by atoms with Crippen LogP contribution in [0.2, 0.25) is 0 Å². The van der Waals surface area contributed by atoms with Gasteiger partial charge in [-0.25, -0.2) is 9.59 Å². The van der Waals surface area contributed by atoms with Crippen LogP contribution >= 0.6 is 0 Å². The van der Waals surface area contributed by atoms with E-state index in [1.807, 2.05) is 51.1 Å². The van der Waals surface area contributed by atoms with E-state index in [0.717, 1.165) is 18.4 Å². The Hall–Kier alpha value is -2.04. The van der Waals surface area contributed by atoms with Crippen LogP contribution in [0.3, 0.4) is 0 Å². The van der Waals surface area contributed by atoms with Gasteiger partial charge in [-0.2, -0.15) is 0 Å². The third-order valence-electron chi connectivity index (χ3n) is 6.15. The van der Waals surface area contributed by atoms with Crippen LogP contribution in [0, 0.1) is 5.92 Å². The topological polar surface area (TPSA) is 64.6 Å². The molecule has 0 spiro atoms. The zero-order valence-electron chi connectivity index (χ0n) is 23.1. The maximum absolute atomic E-state index is 13.1. The van der Waals surface area contributed by atoms with Crippen molar-refractivity contribution in [3.63, 3.8) is 0 Å². The average molecular weight is 490 g/mol. The molecule has 0 aliphatic heterocycles. The van der Waals surface area contributed by atoms with Gasteiger partial charge in [0.15, 0.2) is 0 Å². The molecule has 5 heteroatoms. The molecule has 5 nitrogen and oxygen atoms in total. The lowest BCUT2D eigenvalue weighted by Gasteiger charge is -2.24. The molecule has 0 saturated carbocycles. The second-order valence-corrected chi connectivity index (χ2v) is 10.8. The van der Waals surface area contributed by atoms with E-state index in [-0.39, 0.29) is 5.97 Å². The largest absolute Gasteiger partial charge is 0.464 e. The van der Waals surface area contributed by atoms with E-state index in [4.69, 9.17) is 9.47 Å². The van der Waals surface area contributed by atoms with Crippen molar-refractivity contribution in [2.45, 2.75) is 130 Å². The Morgan fingerprint density at radius 3 is 1.89 bits per heavy atom. The fraction of sp³-hybridized carbons (Fsp3) is 0.733. The summed E-state index contributed by atoms with van der Waals surface area (Å²) in [6.07, 6.45) is 14.4. The second-order valence-electron chi connectivity index (χ2n) is 10.8. The smallest absolute Gasteiger partial charge is 0.408 e. The highest BCUT2D eigenvalue weighted by Gasteiger charge is 2.26. The summed E-state index contributed by atoms with van der Waals surface area (Å²) < 4.78 is 11.2. The Labute approximate surface area is 214 Å². The van der Waals surface area contributed by atoms with Crippen molar-refractivity contribution in [1.29, 1.82) is 0 Å². The number of rotatable bonds is 18. The van der Waals surface area contributed by atoms with E-state index in [1.54, 1.807) is 0 Å². The summed E-state index contributed by atoms with van der Waals surface area (Å²) in [6, 6.07) is 8.92. The van der Waals surface area contributed by atoms with Crippen molar-refractivity contribution >= 4 is 12.1 Å². The van der Waals surface area contributed by atoms with Gasteiger partial charge in [-0.05, 0) is 45.1 Å². The molecular formula is C30H51NO4. The summed E-state index contributed by atoms with van der Waals surface area (Å²) in [4.78, 5) is 25.5. The lowest BCUT2D eigenvalue weighted by molar-refractivity contribution is -0.147. The fourth-order valence-electron chi connectivity index (χ4n) is 4.18. The van der Waals surface area contributed by atoms with Crippen molar-refractivity contribution < 1.29 is 19.1 Å². The number of benzene rings is 1. The number of alkyl carbamates (subject to hydrolysis) is 1. The van der Waals surface area contributed by atoms with Crippen LogP contribution in [-0.2, 0) is 20.7 Å².